The van der Waals surface area contributed by atoms with Crippen molar-refractivity contribution < 1.29 is 17.9 Å². The minimum Gasteiger partial charge on any atom is -0.379 e. The zero-order valence-corrected chi connectivity index (χ0v) is 25.7. The Morgan fingerprint density at radius 1 is 0.977 bits per heavy atom. The third-order valence-electron chi connectivity index (χ3n) is 7.03. The third-order valence-corrected chi connectivity index (χ3v) is 10.9. The molecule has 3 aromatic carbocycles. The Hall–Kier alpha value is -3.81. The number of aryl methyl sites for hydroxylation is 1. The SMILES string of the molecule is Cc1sc2nc(SCC(=O)Nc3ccc(S(=O)(=O)N4CCOCC4)cc3)n(-c3ccccc3)c(=O)c2c1-c1ccccc1. The van der Waals surface area contributed by atoms with Gasteiger partial charge >= 0.3 is 0 Å². The van der Waals surface area contributed by atoms with E-state index in [0.717, 1.165) is 16.0 Å². The Labute approximate surface area is 257 Å². The molecule has 1 aliphatic rings. The zero-order chi connectivity index (χ0) is 30.0. The molecule has 0 unspecified atom stereocenters. The highest BCUT2D eigenvalue weighted by Crippen LogP contribution is 2.37. The van der Waals surface area contributed by atoms with Crippen LogP contribution >= 0.6 is 23.1 Å². The number of thiophene rings is 1. The predicted octanol–water partition coefficient (Wildman–Crippen LogP) is 5.17. The standard InChI is InChI=1S/C31H28N4O5S3/c1-21-27(22-8-4-2-5-9-22)28-29(42-21)33-31(35(30(28)37)24-10-6-3-7-11-24)41-20-26(36)32-23-12-14-25(15-13-23)43(38,39)34-16-18-40-19-17-34/h2-15H,16-20H2,1H3,(H,32,36). The molecule has 0 bridgehead atoms. The number of para-hydroxylation sites is 1. The third kappa shape index (κ3) is 6.01. The second-order valence-corrected chi connectivity index (χ2v) is 13.9. The maximum atomic E-state index is 14.1. The Balaban J connectivity index is 1.25. The molecule has 1 amide bonds. The molecule has 0 spiro atoms. The van der Waals surface area contributed by atoms with Crippen molar-refractivity contribution in [2.45, 2.75) is 17.0 Å². The Morgan fingerprint density at radius 3 is 2.30 bits per heavy atom. The van der Waals surface area contributed by atoms with E-state index in [0.29, 0.717) is 53.1 Å². The molecule has 0 saturated carbocycles. The highest BCUT2D eigenvalue weighted by molar-refractivity contribution is 7.99. The van der Waals surface area contributed by atoms with Crippen molar-refractivity contribution in [2.75, 3.05) is 37.4 Å². The molecule has 3 heterocycles. The fourth-order valence-electron chi connectivity index (χ4n) is 4.97. The summed E-state index contributed by atoms with van der Waals surface area (Å²) in [5.41, 5.74) is 2.75. The van der Waals surface area contributed by atoms with Gasteiger partial charge in [0.1, 0.15) is 4.83 Å². The number of fused-ring (bicyclic) bond motifs is 1. The van der Waals surface area contributed by atoms with Gasteiger partial charge in [-0.25, -0.2) is 13.4 Å². The van der Waals surface area contributed by atoms with Gasteiger partial charge in [0.05, 0.1) is 34.9 Å². The quantitative estimate of drug-likeness (QED) is 0.186. The predicted molar refractivity (Wildman–Crippen MR) is 171 cm³/mol. The van der Waals surface area contributed by atoms with Crippen LogP contribution in [0.5, 0.6) is 0 Å². The van der Waals surface area contributed by atoms with Crippen molar-refractivity contribution in [2.24, 2.45) is 0 Å². The molecule has 1 aliphatic heterocycles. The van der Waals surface area contributed by atoms with Gasteiger partial charge in [0.15, 0.2) is 5.16 Å². The van der Waals surface area contributed by atoms with Gasteiger partial charge in [0, 0.05) is 29.2 Å². The monoisotopic (exact) mass is 632 g/mol. The van der Waals surface area contributed by atoms with Gasteiger partial charge in [0.25, 0.3) is 5.56 Å². The van der Waals surface area contributed by atoms with E-state index in [1.54, 1.807) is 16.7 Å². The first-order valence-electron chi connectivity index (χ1n) is 13.6. The molecule has 1 fully saturated rings. The highest BCUT2D eigenvalue weighted by atomic mass is 32.2. The number of thioether (sulfide) groups is 1. The number of ether oxygens (including phenoxy) is 1. The number of rotatable bonds is 8. The van der Waals surface area contributed by atoms with Crippen molar-refractivity contribution >= 4 is 54.9 Å². The van der Waals surface area contributed by atoms with Gasteiger partial charge in [0.2, 0.25) is 15.9 Å². The molecule has 6 rings (SSSR count). The summed E-state index contributed by atoms with van der Waals surface area (Å²) >= 11 is 2.63. The van der Waals surface area contributed by atoms with E-state index >= 15 is 0 Å². The largest absolute Gasteiger partial charge is 0.379 e. The molecule has 43 heavy (non-hydrogen) atoms. The number of nitrogens with zero attached hydrogens (tertiary/aromatic N) is 3. The molecule has 2 aromatic heterocycles. The van der Waals surface area contributed by atoms with Crippen molar-refractivity contribution in [1.29, 1.82) is 0 Å². The fraction of sp³-hybridized carbons (Fsp3) is 0.194. The summed E-state index contributed by atoms with van der Waals surface area (Å²) in [6.07, 6.45) is 0. The number of hydrogen-bond acceptors (Lipinski definition) is 8. The van der Waals surface area contributed by atoms with Crippen LogP contribution in [-0.4, -0.2) is 60.2 Å². The van der Waals surface area contributed by atoms with Gasteiger partial charge in [-0.1, -0.05) is 60.3 Å². The molecular formula is C31H28N4O5S3. The number of hydrogen-bond donors (Lipinski definition) is 1. The first-order valence-corrected chi connectivity index (χ1v) is 16.8. The average molecular weight is 633 g/mol. The van der Waals surface area contributed by atoms with Crippen molar-refractivity contribution in [1.82, 2.24) is 13.9 Å². The number of aromatic nitrogens is 2. The number of morpholine rings is 1. The van der Waals surface area contributed by atoms with E-state index in [1.807, 2.05) is 67.6 Å². The van der Waals surface area contributed by atoms with E-state index in [2.05, 4.69) is 5.32 Å². The first kappa shape index (κ1) is 29.3. The van der Waals surface area contributed by atoms with Crippen LogP contribution < -0.4 is 10.9 Å². The molecule has 12 heteroatoms. The minimum atomic E-state index is -3.63. The van der Waals surface area contributed by atoms with Gasteiger partial charge in [-0.05, 0) is 48.9 Å². The maximum absolute atomic E-state index is 14.1. The zero-order valence-electron chi connectivity index (χ0n) is 23.2. The molecule has 9 nitrogen and oxygen atoms in total. The number of anilines is 1. The molecule has 0 radical (unpaired) electrons. The van der Waals surface area contributed by atoms with E-state index < -0.39 is 10.0 Å². The summed E-state index contributed by atoms with van der Waals surface area (Å²) in [6, 6.07) is 25.2. The normalized spacial score (nSPS) is 14.2. The van der Waals surface area contributed by atoms with Gasteiger partial charge in [-0.15, -0.1) is 11.3 Å². The number of sulfonamides is 1. The lowest BCUT2D eigenvalue weighted by atomic mass is 10.0. The summed E-state index contributed by atoms with van der Waals surface area (Å²) in [4.78, 5) is 33.7. The second-order valence-electron chi connectivity index (χ2n) is 9.83. The number of amides is 1. The second kappa shape index (κ2) is 12.4. The summed E-state index contributed by atoms with van der Waals surface area (Å²) < 4.78 is 34.0. The molecule has 0 aliphatic carbocycles. The van der Waals surface area contributed by atoms with E-state index in [-0.39, 0.29) is 22.1 Å². The molecule has 0 atom stereocenters. The molecule has 220 valence electrons. The minimum absolute atomic E-state index is 0.00545. The van der Waals surface area contributed by atoms with Crippen LogP contribution in [0.25, 0.3) is 27.0 Å². The van der Waals surface area contributed by atoms with Crippen LogP contribution in [0.2, 0.25) is 0 Å². The summed E-state index contributed by atoms with van der Waals surface area (Å²) in [5.74, 6) is -0.316. The van der Waals surface area contributed by atoms with Crippen LogP contribution in [0, 0.1) is 6.92 Å². The topological polar surface area (TPSA) is 111 Å². The molecule has 1 N–H and O–H groups in total. The van der Waals surface area contributed by atoms with E-state index in [4.69, 9.17) is 9.72 Å². The Morgan fingerprint density at radius 2 is 1.63 bits per heavy atom. The van der Waals surface area contributed by atoms with Crippen molar-refractivity contribution in [3.05, 3.63) is 100 Å². The van der Waals surface area contributed by atoms with Gasteiger partial charge < -0.3 is 10.1 Å². The van der Waals surface area contributed by atoms with Gasteiger partial charge in [-0.2, -0.15) is 4.31 Å². The Bertz CT molecular complexity index is 1940. The lowest BCUT2D eigenvalue weighted by molar-refractivity contribution is -0.113. The smallest absolute Gasteiger partial charge is 0.268 e. The Kier molecular flexibility index (Phi) is 8.46. The van der Waals surface area contributed by atoms with Crippen LogP contribution in [0.1, 0.15) is 4.88 Å². The molecule has 1 saturated heterocycles. The molecule has 5 aromatic rings. The summed E-state index contributed by atoms with van der Waals surface area (Å²) in [6.45, 7) is 3.34. The van der Waals surface area contributed by atoms with E-state index in [1.165, 1.54) is 39.5 Å². The number of carbonyl (C=O) groups is 1. The fourth-order valence-corrected chi connectivity index (χ4v) is 8.28. The maximum Gasteiger partial charge on any atom is 0.268 e. The van der Waals surface area contributed by atoms with Crippen molar-refractivity contribution in [3.63, 3.8) is 0 Å². The lowest BCUT2D eigenvalue weighted by Gasteiger charge is -2.26. The number of nitrogens with one attached hydrogen (secondary N) is 1. The van der Waals surface area contributed by atoms with Crippen LogP contribution in [0.15, 0.2) is 99.8 Å². The van der Waals surface area contributed by atoms with Gasteiger partial charge in [-0.3, -0.25) is 14.2 Å². The first-order chi connectivity index (χ1) is 20.8. The highest BCUT2D eigenvalue weighted by Gasteiger charge is 2.26. The van der Waals surface area contributed by atoms with Crippen molar-refractivity contribution in [3.8, 4) is 16.8 Å². The summed E-state index contributed by atoms with van der Waals surface area (Å²) in [5, 5.41) is 3.78. The number of benzene rings is 3. The summed E-state index contributed by atoms with van der Waals surface area (Å²) in [7, 11) is -3.63. The van der Waals surface area contributed by atoms with Crippen LogP contribution in [0.3, 0.4) is 0 Å². The molecular weight excluding hydrogens is 605 g/mol. The van der Waals surface area contributed by atoms with Crippen LogP contribution in [0.4, 0.5) is 5.69 Å². The van der Waals surface area contributed by atoms with Crippen LogP contribution in [-0.2, 0) is 19.6 Å². The lowest BCUT2D eigenvalue weighted by Crippen LogP contribution is -2.40. The number of carbonyl (C=O) groups excluding carboxylic acids is 1. The van der Waals surface area contributed by atoms with E-state index in [9.17, 15) is 18.0 Å². The average Bonchev–Trinajstić information content (AvgIpc) is 3.37.